The molecule has 0 amide bonds. The Morgan fingerprint density at radius 1 is 1.23 bits per heavy atom. The second kappa shape index (κ2) is 6.31. The van der Waals surface area contributed by atoms with Crippen LogP contribution >= 0.6 is 0 Å². The van der Waals surface area contributed by atoms with E-state index in [9.17, 15) is 0 Å². The highest BCUT2D eigenvalue weighted by atomic mass is 16.5. The maximum atomic E-state index is 5.12. The number of piperazine rings is 1. The van der Waals surface area contributed by atoms with Crippen molar-refractivity contribution in [2.75, 3.05) is 50.1 Å². The molecule has 0 aliphatic carbocycles. The molecule has 0 aromatic carbocycles. The van der Waals surface area contributed by atoms with E-state index in [0.717, 1.165) is 50.3 Å². The molecule has 0 N–H and O–H groups in total. The van der Waals surface area contributed by atoms with E-state index in [4.69, 9.17) is 4.52 Å². The fourth-order valence-corrected chi connectivity index (χ4v) is 2.56. The van der Waals surface area contributed by atoms with E-state index in [1.807, 2.05) is 44.4 Å². The molecule has 7 heteroatoms. The van der Waals surface area contributed by atoms with Crippen LogP contribution in [0.4, 0.5) is 11.8 Å². The van der Waals surface area contributed by atoms with Gasteiger partial charge in [-0.25, -0.2) is 4.98 Å². The van der Waals surface area contributed by atoms with Crippen molar-refractivity contribution in [3.8, 4) is 0 Å². The summed E-state index contributed by atoms with van der Waals surface area (Å²) in [5, 5.41) is 3.84. The van der Waals surface area contributed by atoms with Gasteiger partial charge in [0, 0.05) is 58.6 Å². The van der Waals surface area contributed by atoms with Gasteiger partial charge >= 0.3 is 0 Å². The summed E-state index contributed by atoms with van der Waals surface area (Å²) in [6.07, 6.45) is 3.63. The fraction of sp³-hybridized carbons (Fsp3) is 0.533. The number of aromatic nitrogens is 3. The van der Waals surface area contributed by atoms with Gasteiger partial charge in [0.25, 0.3) is 0 Å². The van der Waals surface area contributed by atoms with Crippen molar-refractivity contribution in [3.05, 3.63) is 29.8 Å². The summed E-state index contributed by atoms with van der Waals surface area (Å²) in [7, 11) is 3.98. The van der Waals surface area contributed by atoms with E-state index in [1.165, 1.54) is 5.56 Å². The summed E-state index contributed by atoms with van der Waals surface area (Å²) in [6.45, 7) is 6.68. The molecular formula is C15H22N6O. The van der Waals surface area contributed by atoms with Gasteiger partial charge in [-0.2, -0.15) is 4.98 Å². The van der Waals surface area contributed by atoms with Crippen LogP contribution in [0.25, 0.3) is 0 Å². The first-order valence-corrected chi connectivity index (χ1v) is 7.51. The van der Waals surface area contributed by atoms with Gasteiger partial charge < -0.3 is 14.3 Å². The molecule has 7 nitrogen and oxygen atoms in total. The molecule has 0 radical (unpaired) electrons. The minimum absolute atomic E-state index is 0.812. The third-order valence-corrected chi connectivity index (χ3v) is 3.99. The quantitative estimate of drug-likeness (QED) is 0.840. The summed E-state index contributed by atoms with van der Waals surface area (Å²) in [5.74, 6) is 2.66. The van der Waals surface area contributed by atoms with Crippen LogP contribution in [0.1, 0.15) is 11.3 Å². The number of aryl methyl sites for hydroxylation is 1. The minimum atomic E-state index is 0.812. The summed E-state index contributed by atoms with van der Waals surface area (Å²) in [5.41, 5.74) is 1.17. The molecule has 1 aliphatic rings. The van der Waals surface area contributed by atoms with Gasteiger partial charge in [0.05, 0.1) is 6.20 Å². The van der Waals surface area contributed by atoms with Crippen LogP contribution in [0, 0.1) is 6.92 Å². The van der Waals surface area contributed by atoms with Crippen molar-refractivity contribution >= 4 is 11.8 Å². The Morgan fingerprint density at radius 3 is 2.64 bits per heavy atom. The van der Waals surface area contributed by atoms with Crippen molar-refractivity contribution in [1.82, 2.24) is 20.0 Å². The second-order valence-corrected chi connectivity index (χ2v) is 5.78. The van der Waals surface area contributed by atoms with Gasteiger partial charge in [-0.3, -0.25) is 4.90 Å². The van der Waals surface area contributed by atoms with E-state index >= 15 is 0 Å². The molecule has 0 saturated carbocycles. The molecule has 1 fully saturated rings. The molecule has 118 valence electrons. The molecular weight excluding hydrogens is 280 g/mol. The first-order chi connectivity index (χ1) is 10.6. The Balaban J connectivity index is 1.60. The summed E-state index contributed by atoms with van der Waals surface area (Å²) in [4.78, 5) is 15.7. The lowest BCUT2D eigenvalue weighted by Gasteiger charge is -2.34. The number of hydrogen-bond donors (Lipinski definition) is 0. The largest absolute Gasteiger partial charge is 0.363 e. The van der Waals surface area contributed by atoms with Crippen LogP contribution in [-0.4, -0.2) is 60.3 Å². The van der Waals surface area contributed by atoms with Crippen LogP contribution in [0.5, 0.6) is 0 Å². The van der Waals surface area contributed by atoms with Gasteiger partial charge in [0.1, 0.15) is 11.6 Å². The summed E-state index contributed by atoms with van der Waals surface area (Å²) < 4.78 is 5.12. The number of hydrogen-bond acceptors (Lipinski definition) is 7. The predicted octanol–water partition coefficient (Wildman–Crippen LogP) is 1.16. The Bertz CT molecular complexity index is 618. The molecule has 3 rings (SSSR count). The highest BCUT2D eigenvalue weighted by Gasteiger charge is 2.20. The second-order valence-electron chi connectivity index (χ2n) is 5.78. The van der Waals surface area contributed by atoms with Crippen molar-refractivity contribution < 1.29 is 4.52 Å². The van der Waals surface area contributed by atoms with E-state index in [-0.39, 0.29) is 0 Å². The smallest absolute Gasteiger partial charge is 0.227 e. The van der Waals surface area contributed by atoms with Crippen LogP contribution in [0.2, 0.25) is 0 Å². The zero-order valence-corrected chi connectivity index (χ0v) is 13.4. The fourth-order valence-electron chi connectivity index (χ4n) is 2.56. The standard InChI is InChI=1S/C15H22N6O/c1-12-13(10-17-22-12)11-20-6-8-21(9-7-20)15-16-5-4-14(18-15)19(2)3/h4-5,10H,6-9,11H2,1-3H3. The van der Waals surface area contributed by atoms with E-state index < -0.39 is 0 Å². The van der Waals surface area contributed by atoms with Gasteiger partial charge in [-0.1, -0.05) is 5.16 Å². The maximum Gasteiger partial charge on any atom is 0.227 e. The van der Waals surface area contributed by atoms with Crippen molar-refractivity contribution in [2.45, 2.75) is 13.5 Å². The van der Waals surface area contributed by atoms with E-state index in [0.29, 0.717) is 0 Å². The number of anilines is 2. The summed E-state index contributed by atoms with van der Waals surface area (Å²) in [6, 6.07) is 1.93. The molecule has 0 unspecified atom stereocenters. The first kappa shape index (κ1) is 14.8. The third kappa shape index (κ3) is 3.19. The minimum Gasteiger partial charge on any atom is -0.363 e. The third-order valence-electron chi connectivity index (χ3n) is 3.99. The highest BCUT2D eigenvalue weighted by molar-refractivity contribution is 5.42. The zero-order valence-electron chi connectivity index (χ0n) is 13.4. The van der Waals surface area contributed by atoms with Gasteiger partial charge in [-0.15, -0.1) is 0 Å². The Kier molecular flexibility index (Phi) is 4.24. The SMILES string of the molecule is Cc1oncc1CN1CCN(c2nccc(N(C)C)n2)CC1. The van der Waals surface area contributed by atoms with Crippen molar-refractivity contribution in [2.24, 2.45) is 0 Å². The van der Waals surface area contributed by atoms with Crippen molar-refractivity contribution in [3.63, 3.8) is 0 Å². The average molecular weight is 302 g/mol. The molecule has 0 bridgehead atoms. The van der Waals surface area contributed by atoms with Crippen LogP contribution < -0.4 is 9.80 Å². The Morgan fingerprint density at radius 2 is 2.00 bits per heavy atom. The normalized spacial score (nSPS) is 16.0. The lowest BCUT2D eigenvalue weighted by molar-refractivity contribution is 0.247. The molecule has 0 atom stereocenters. The molecule has 2 aromatic rings. The highest BCUT2D eigenvalue weighted by Crippen LogP contribution is 2.16. The zero-order chi connectivity index (χ0) is 15.5. The molecule has 1 aliphatic heterocycles. The van der Waals surface area contributed by atoms with Crippen molar-refractivity contribution in [1.29, 1.82) is 0 Å². The van der Waals surface area contributed by atoms with Crippen LogP contribution in [0.15, 0.2) is 23.0 Å². The van der Waals surface area contributed by atoms with E-state index in [2.05, 4.69) is 24.9 Å². The average Bonchev–Trinajstić information content (AvgIpc) is 2.93. The van der Waals surface area contributed by atoms with E-state index in [1.54, 1.807) is 0 Å². The predicted molar refractivity (Wildman–Crippen MR) is 85.1 cm³/mol. The van der Waals surface area contributed by atoms with Gasteiger partial charge in [0.15, 0.2) is 0 Å². The molecule has 2 aromatic heterocycles. The molecule has 0 spiro atoms. The number of rotatable bonds is 4. The molecule has 1 saturated heterocycles. The van der Waals surface area contributed by atoms with Gasteiger partial charge in [0.2, 0.25) is 5.95 Å². The molecule has 22 heavy (non-hydrogen) atoms. The number of nitrogens with zero attached hydrogens (tertiary/aromatic N) is 6. The van der Waals surface area contributed by atoms with Crippen LogP contribution in [0.3, 0.4) is 0 Å². The Hall–Kier alpha value is -2.15. The summed E-state index contributed by atoms with van der Waals surface area (Å²) >= 11 is 0. The van der Waals surface area contributed by atoms with Gasteiger partial charge in [-0.05, 0) is 13.0 Å². The van der Waals surface area contributed by atoms with Crippen LogP contribution in [-0.2, 0) is 6.54 Å². The first-order valence-electron chi connectivity index (χ1n) is 7.51. The Labute approximate surface area is 130 Å². The molecule has 3 heterocycles. The monoisotopic (exact) mass is 302 g/mol. The lowest BCUT2D eigenvalue weighted by atomic mass is 10.2. The topological polar surface area (TPSA) is 61.5 Å². The maximum absolute atomic E-state index is 5.12. The lowest BCUT2D eigenvalue weighted by Crippen LogP contribution is -2.46.